The lowest BCUT2D eigenvalue weighted by atomic mass is 9.96. The van der Waals surface area contributed by atoms with Crippen LogP contribution in [-0.2, 0) is 6.18 Å². The largest absolute Gasteiger partial charge is 0.434 e. The summed E-state index contributed by atoms with van der Waals surface area (Å²) in [6.45, 7) is 8.65. The molecule has 1 aliphatic rings. The molecule has 0 saturated carbocycles. The molecule has 4 N–H and O–H groups in total. The molecule has 9 nitrogen and oxygen atoms in total. The van der Waals surface area contributed by atoms with Crippen LogP contribution in [0.4, 0.5) is 19.0 Å². The molecule has 4 rings (SSSR count). The maximum atomic E-state index is 13.1. The zero-order chi connectivity index (χ0) is 25.0. The Morgan fingerprint density at radius 2 is 1.94 bits per heavy atom. The van der Waals surface area contributed by atoms with Crippen LogP contribution < -0.4 is 16.0 Å². The van der Waals surface area contributed by atoms with Gasteiger partial charge in [-0.1, -0.05) is 13.8 Å². The number of piperazine rings is 1. The van der Waals surface area contributed by atoms with Crippen LogP contribution in [0.1, 0.15) is 33.4 Å². The minimum Gasteiger partial charge on any atom is -0.404 e. The van der Waals surface area contributed by atoms with Gasteiger partial charge in [0.15, 0.2) is 17.2 Å². The Labute approximate surface area is 195 Å². The summed E-state index contributed by atoms with van der Waals surface area (Å²) in [6.07, 6.45) is 3.00. The normalized spacial score (nSPS) is 21.2. The lowest BCUT2D eigenvalue weighted by Crippen LogP contribution is -2.61. The van der Waals surface area contributed by atoms with Gasteiger partial charge in [0.1, 0.15) is 11.5 Å². The topological polar surface area (TPSA) is 121 Å². The van der Waals surface area contributed by atoms with Crippen LogP contribution >= 0.6 is 0 Å². The van der Waals surface area contributed by atoms with E-state index in [9.17, 15) is 13.2 Å². The minimum atomic E-state index is -4.58. The number of aromatic nitrogens is 5. The second-order valence-electron chi connectivity index (χ2n) is 7.63. The Bertz CT molecular complexity index is 1170. The molecule has 3 atom stereocenters. The van der Waals surface area contributed by atoms with Crippen molar-refractivity contribution in [1.82, 2.24) is 29.7 Å². The Kier molecular flexibility index (Phi) is 7.50. The van der Waals surface area contributed by atoms with E-state index in [0.717, 1.165) is 12.4 Å². The molecular formula is C22H28F3N9. The molecule has 4 heterocycles. The number of imidazole rings is 1. The number of anilines is 1. The molecule has 3 unspecified atom stereocenters. The molecule has 12 heteroatoms. The third kappa shape index (κ3) is 4.86. The van der Waals surface area contributed by atoms with Gasteiger partial charge in [-0.3, -0.25) is 4.40 Å². The number of hydrogen-bond acceptors (Lipinski definition) is 8. The third-order valence-corrected chi connectivity index (χ3v) is 5.48. The molecule has 1 fully saturated rings. The molecular weight excluding hydrogens is 447 g/mol. The van der Waals surface area contributed by atoms with Crippen molar-refractivity contribution in [2.24, 2.45) is 5.73 Å². The van der Waals surface area contributed by atoms with E-state index in [4.69, 9.17) is 11.1 Å². The predicted octanol–water partition coefficient (Wildman–Crippen LogP) is 3.28. The second-order valence-corrected chi connectivity index (χ2v) is 7.63. The number of hydrogen-bond donors (Lipinski definition) is 3. The van der Waals surface area contributed by atoms with Gasteiger partial charge in [-0.15, -0.1) is 0 Å². The zero-order valence-corrected chi connectivity index (χ0v) is 19.4. The zero-order valence-electron chi connectivity index (χ0n) is 19.4. The molecule has 1 saturated heterocycles. The van der Waals surface area contributed by atoms with Crippen molar-refractivity contribution in [2.45, 2.75) is 52.0 Å². The number of fused-ring (bicyclic) bond motifs is 1. The Morgan fingerprint density at radius 3 is 2.59 bits per heavy atom. The van der Waals surface area contributed by atoms with Crippen LogP contribution in [0.5, 0.6) is 0 Å². The summed E-state index contributed by atoms with van der Waals surface area (Å²) in [5, 5.41) is 11.1. The number of nitrogens with zero attached hydrogens (tertiary/aromatic N) is 6. The maximum absolute atomic E-state index is 13.1. The molecule has 3 aromatic heterocycles. The molecule has 182 valence electrons. The van der Waals surface area contributed by atoms with E-state index in [1.54, 1.807) is 12.3 Å². The summed E-state index contributed by atoms with van der Waals surface area (Å²) in [6, 6.07) is 1.56. The molecule has 0 radical (unpaired) electrons. The van der Waals surface area contributed by atoms with E-state index in [2.05, 4.69) is 30.2 Å². The summed E-state index contributed by atoms with van der Waals surface area (Å²) in [5.74, 6) is 0.855. The first-order valence-corrected chi connectivity index (χ1v) is 10.9. The second kappa shape index (κ2) is 10.2. The van der Waals surface area contributed by atoms with E-state index in [-0.39, 0.29) is 29.6 Å². The first kappa shape index (κ1) is 25.1. The Morgan fingerprint density at radius 1 is 1.21 bits per heavy atom. The van der Waals surface area contributed by atoms with Crippen LogP contribution in [0.25, 0.3) is 17.2 Å². The quantitative estimate of drug-likeness (QED) is 0.495. The summed E-state index contributed by atoms with van der Waals surface area (Å²) in [4.78, 5) is 18.5. The third-order valence-electron chi connectivity index (χ3n) is 5.48. The number of halogens is 3. The average Bonchev–Trinajstić information content (AvgIpc) is 3.26. The molecule has 3 aromatic rings. The highest BCUT2D eigenvalue weighted by Crippen LogP contribution is 2.29. The molecule has 0 spiro atoms. The van der Waals surface area contributed by atoms with Crippen LogP contribution in [-0.4, -0.2) is 55.2 Å². The van der Waals surface area contributed by atoms with Gasteiger partial charge in [-0.2, -0.15) is 13.2 Å². The van der Waals surface area contributed by atoms with Crippen molar-refractivity contribution in [3.05, 3.63) is 48.3 Å². The number of rotatable bonds is 4. The highest BCUT2D eigenvalue weighted by molar-refractivity contribution is 5.78. The fraction of sp³-hybridized carbons (Fsp3) is 0.409. The van der Waals surface area contributed by atoms with Crippen LogP contribution in [0.2, 0.25) is 0 Å². The first-order valence-electron chi connectivity index (χ1n) is 10.9. The van der Waals surface area contributed by atoms with Crippen LogP contribution in [0.3, 0.4) is 0 Å². The minimum absolute atomic E-state index is 0.0840. The van der Waals surface area contributed by atoms with Crippen molar-refractivity contribution in [3.63, 3.8) is 0 Å². The molecule has 0 bridgehead atoms. The SMILES string of the molecule is CC.CC1CN(c2ccnc(-c3cnc4cnc(C(F)(F)F)cn34)n2)C(C)C(/C(C=N)=C/N)N1. The van der Waals surface area contributed by atoms with E-state index in [1.165, 1.54) is 23.0 Å². The number of nitrogens with one attached hydrogen (secondary N) is 2. The van der Waals surface area contributed by atoms with Gasteiger partial charge >= 0.3 is 6.18 Å². The van der Waals surface area contributed by atoms with Gasteiger partial charge in [0.05, 0.1) is 18.4 Å². The molecule has 34 heavy (non-hydrogen) atoms. The predicted molar refractivity (Wildman–Crippen MR) is 125 cm³/mol. The summed E-state index contributed by atoms with van der Waals surface area (Å²) in [7, 11) is 0. The number of alkyl halides is 3. The van der Waals surface area contributed by atoms with Gasteiger partial charge < -0.3 is 21.4 Å². The van der Waals surface area contributed by atoms with Crippen molar-refractivity contribution < 1.29 is 13.2 Å². The smallest absolute Gasteiger partial charge is 0.404 e. The van der Waals surface area contributed by atoms with Gasteiger partial charge in [-0.05, 0) is 19.9 Å². The Balaban J connectivity index is 0.00000158. The fourth-order valence-electron chi connectivity index (χ4n) is 3.89. The average molecular weight is 476 g/mol. The van der Waals surface area contributed by atoms with Gasteiger partial charge in [0, 0.05) is 49.0 Å². The molecule has 0 aromatic carbocycles. The monoisotopic (exact) mass is 475 g/mol. The Hall–Kier alpha value is -3.54. The lowest BCUT2D eigenvalue weighted by Gasteiger charge is -2.44. The fourth-order valence-corrected chi connectivity index (χ4v) is 3.89. The first-order chi connectivity index (χ1) is 16.2. The standard InChI is InChI=1S/C20H22F3N9.C2H6/c1-11-9-31(12(2)18(29-11)13(5-24)6-25)16-3-4-26-19(30-16)14-7-28-17-8-27-15(10-32(14)17)20(21,22)23;1-2/h3-8,10-12,18,24,29H,9,25H2,1-2H3;1-2H3/b13-6+,24-5?;. The van der Waals surface area contributed by atoms with Gasteiger partial charge in [-0.25, -0.2) is 19.9 Å². The molecule has 0 amide bonds. The van der Waals surface area contributed by atoms with E-state index in [1.807, 2.05) is 27.7 Å². The van der Waals surface area contributed by atoms with Crippen LogP contribution in [0.15, 0.2) is 42.6 Å². The molecule has 0 aliphatic carbocycles. The summed E-state index contributed by atoms with van der Waals surface area (Å²) >= 11 is 0. The van der Waals surface area contributed by atoms with E-state index < -0.39 is 11.9 Å². The number of nitrogens with two attached hydrogens (primary N) is 1. The van der Waals surface area contributed by atoms with Crippen molar-refractivity contribution in [2.75, 3.05) is 11.4 Å². The van der Waals surface area contributed by atoms with Crippen molar-refractivity contribution in [3.8, 4) is 11.5 Å². The lowest BCUT2D eigenvalue weighted by molar-refractivity contribution is -0.141. The van der Waals surface area contributed by atoms with Crippen molar-refractivity contribution >= 4 is 17.7 Å². The highest BCUT2D eigenvalue weighted by Gasteiger charge is 2.35. The van der Waals surface area contributed by atoms with Crippen LogP contribution in [0, 0.1) is 5.41 Å². The van der Waals surface area contributed by atoms with E-state index in [0.29, 0.717) is 23.6 Å². The van der Waals surface area contributed by atoms with Crippen molar-refractivity contribution in [1.29, 1.82) is 5.41 Å². The van der Waals surface area contributed by atoms with Gasteiger partial charge in [0.25, 0.3) is 0 Å². The maximum Gasteiger partial charge on any atom is 0.434 e. The summed E-state index contributed by atoms with van der Waals surface area (Å²) in [5.41, 5.74) is 5.90. The van der Waals surface area contributed by atoms with E-state index >= 15 is 0 Å². The molecule has 1 aliphatic heterocycles. The van der Waals surface area contributed by atoms with Gasteiger partial charge in [0.2, 0.25) is 0 Å². The highest BCUT2D eigenvalue weighted by atomic mass is 19.4. The summed E-state index contributed by atoms with van der Waals surface area (Å²) < 4.78 is 40.7.